The van der Waals surface area contributed by atoms with E-state index in [0.717, 1.165) is 29.8 Å². The fourth-order valence-corrected chi connectivity index (χ4v) is 4.38. The average molecular weight is 428 g/mol. The van der Waals surface area contributed by atoms with E-state index < -0.39 is 0 Å². The third kappa shape index (κ3) is 3.95. The molecule has 1 N–H and O–H groups in total. The summed E-state index contributed by atoms with van der Waals surface area (Å²) in [6, 6.07) is 7.74. The van der Waals surface area contributed by atoms with Crippen LogP contribution in [-0.2, 0) is 12.8 Å². The molecule has 31 heavy (non-hydrogen) atoms. The number of hydrogen-bond acceptors (Lipinski definition) is 8. The minimum absolute atomic E-state index is 0.0146. The van der Waals surface area contributed by atoms with Crippen molar-refractivity contribution in [1.82, 2.24) is 4.90 Å². The van der Waals surface area contributed by atoms with Crippen molar-refractivity contribution in [3.63, 3.8) is 0 Å². The quantitative estimate of drug-likeness (QED) is 0.411. The van der Waals surface area contributed by atoms with Gasteiger partial charge in [-0.2, -0.15) is 0 Å². The lowest BCUT2D eigenvalue weighted by Gasteiger charge is -2.36. The largest absolute Gasteiger partial charge is 0.493 e. The molecule has 1 unspecified atom stereocenters. The summed E-state index contributed by atoms with van der Waals surface area (Å²) in [5.74, 6) is 3.37. The number of rotatable bonds is 7. The van der Waals surface area contributed by atoms with Gasteiger partial charge in [0.05, 0.1) is 27.0 Å². The van der Waals surface area contributed by atoms with Gasteiger partial charge in [-0.1, -0.05) is 11.2 Å². The van der Waals surface area contributed by atoms with Crippen LogP contribution in [-0.4, -0.2) is 57.5 Å². The van der Waals surface area contributed by atoms with Gasteiger partial charge in [0.1, 0.15) is 0 Å². The summed E-state index contributed by atoms with van der Waals surface area (Å²) in [6.45, 7) is 1.08. The van der Waals surface area contributed by atoms with Gasteiger partial charge in [-0.15, -0.1) is 0 Å². The Morgan fingerprint density at radius 2 is 1.94 bits per heavy atom. The number of hydrogen-bond donors (Lipinski definition) is 1. The van der Waals surface area contributed by atoms with Crippen LogP contribution < -0.4 is 23.7 Å². The highest BCUT2D eigenvalue weighted by Gasteiger charge is 2.34. The number of fused-ring (bicyclic) bond motifs is 2. The second kappa shape index (κ2) is 8.93. The number of nitrogens with zero attached hydrogens (tertiary/aromatic N) is 2. The van der Waals surface area contributed by atoms with Crippen LogP contribution in [0.3, 0.4) is 0 Å². The number of likely N-dealkylation sites (N-methyl/N-ethyl adjacent to an activating group) is 1. The van der Waals surface area contributed by atoms with Crippen molar-refractivity contribution >= 4 is 5.71 Å². The van der Waals surface area contributed by atoms with Crippen LogP contribution in [0.1, 0.15) is 29.2 Å². The molecule has 2 aliphatic heterocycles. The van der Waals surface area contributed by atoms with E-state index in [1.807, 2.05) is 24.3 Å². The molecule has 2 aromatic carbocycles. The first kappa shape index (κ1) is 21.1. The Balaban J connectivity index is 1.63. The number of benzene rings is 2. The molecule has 0 aliphatic carbocycles. The fraction of sp³-hybridized carbons (Fsp3) is 0.435. The molecular weight excluding hydrogens is 400 g/mol. The van der Waals surface area contributed by atoms with Gasteiger partial charge < -0.3 is 28.9 Å². The van der Waals surface area contributed by atoms with Gasteiger partial charge in [0.2, 0.25) is 12.5 Å². The predicted octanol–water partition coefficient (Wildman–Crippen LogP) is 3.43. The fourth-order valence-electron chi connectivity index (χ4n) is 4.38. The maximum atomic E-state index is 9.80. The zero-order valence-corrected chi connectivity index (χ0v) is 18.3. The highest BCUT2D eigenvalue weighted by Crippen LogP contribution is 2.50. The molecule has 1 atom stereocenters. The summed E-state index contributed by atoms with van der Waals surface area (Å²) in [7, 11) is 6.93. The van der Waals surface area contributed by atoms with Crippen LogP contribution in [0, 0.1) is 0 Å². The van der Waals surface area contributed by atoms with E-state index in [-0.39, 0.29) is 12.8 Å². The second-order valence-corrected chi connectivity index (χ2v) is 7.70. The van der Waals surface area contributed by atoms with Crippen molar-refractivity contribution in [1.29, 1.82) is 0 Å². The molecule has 8 nitrogen and oxygen atoms in total. The van der Waals surface area contributed by atoms with Crippen molar-refractivity contribution in [3.8, 4) is 28.7 Å². The zero-order chi connectivity index (χ0) is 22.0. The van der Waals surface area contributed by atoms with Gasteiger partial charge in [-0.25, -0.2) is 0 Å². The molecule has 8 heteroatoms. The Morgan fingerprint density at radius 1 is 1.13 bits per heavy atom. The van der Waals surface area contributed by atoms with Crippen LogP contribution >= 0.6 is 0 Å². The maximum Gasteiger partial charge on any atom is 0.231 e. The number of methoxy groups -OCH3 is 3. The van der Waals surface area contributed by atoms with E-state index >= 15 is 0 Å². The Kier molecular flexibility index (Phi) is 6.08. The predicted molar refractivity (Wildman–Crippen MR) is 115 cm³/mol. The zero-order valence-electron chi connectivity index (χ0n) is 18.3. The summed E-state index contributed by atoms with van der Waals surface area (Å²) < 4.78 is 27.7. The van der Waals surface area contributed by atoms with Crippen molar-refractivity contribution in [2.45, 2.75) is 25.3 Å². The standard InChI is InChI=1S/C23H28N2O6/c1-25-8-7-15-11-20-22(31-13-30-20)23(29-4)21(15)17(25)12-16(24-26)9-14-5-6-18(27-2)19(10-14)28-3/h5-6,10-11,17,26H,7-9,12-13H2,1-4H3. The second-order valence-electron chi connectivity index (χ2n) is 7.70. The maximum absolute atomic E-state index is 9.80. The topological polar surface area (TPSA) is 82.0 Å². The lowest BCUT2D eigenvalue weighted by atomic mass is 9.87. The third-order valence-electron chi connectivity index (χ3n) is 5.97. The van der Waals surface area contributed by atoms with E-state index in [1.54, 1.807) is 21.3 Å². The Bertz CT molecular complexity index is 991. The van der Waals surface area contributed by atoms with Crippen molar-refractivity contribution in [3.05, 3.63) is 41.0 Å². The van der Waals surface area contributed by atoms with Crippen LogP contribution in [0.5, 0.6) is 28.7 Å². The van der Waals surface area contributed by atoms with E-state index in [9.17, 15) is 5.21 Å². The van der Waals surface area contributed by atoms with Gasteiger partial charge >= 0.3 is 0 Å². The highest BCUT2D eigenvalue weighted by molar-refractivity contribution is 5.87. The summed E-state index contributed by atoms with van der Waals surface area (Å²) in [4.78, 5) is 2.26. The SMILES string of the molecule is COc1ccc(CC(CC2c3c(cc4c(c3OC)OCO4)CCN2C)=NO)cc1OC. The van der Waals surface area contributed by atoms with Gasteiger partial charge in [-0.05, 0) is 42.8 Å². The first-order valence-electron chi connectivity index (χ1n) is 10.2. The molecule has 4 rings (SSSR count). The molecule has 0 saturated carbocycles. The molecule has 2 aliphatic rings. The van der Waals surface area contributed by atoms with E-state index in [0.29, 0.717) is 41.6 Å². The van der Waals surface area contributed by atoms with Gasteiger partial charge in [-0.3, -0.25) is 4.90 Å². The van der Waals surface area contributed by atoms with E-state index in [4.69, 9.17) is 23.7 Å². The molecule has 0 radical (unpaired) electrons. The van der Waals surface area contributed by atoms with Crippen molar-refractivity contribution in [2.75, 3.05) is 41.7 Å². The summed E-state index contributed by atoms with van der Waals surface area (Å²) in [5.41, 5.74) is 3.87. The Labute approximate surface area is 181 Å². The third-order valence-corrected chi connectivity index (χ3v) is 5.97. The van der Waals surface area contributed by atoms with Crippen LogP contribution in [0.25, 0.3) is 0 Å². The summed E-state index contributed by atoms with van der Waals surface area (Å²) in [6.07, 6.45) is 1.92. The van der Waals surface area contributed by atoms with Crippen molar-refractivity contribution in [2.24, 2.45) is 5.16 Å². The molecule has 2 heterocycles. The van der Waals surface area contributed by atoms with E-state index in [2.05, 4.69) is 17.1 Å². The minimum atomic E-state index is -0.0146. The molecule has 166 valence electrons. The number of oxime groups is 1. The molecule has 0 aromatic heterocycles. The van der Waals surface area contributed by atoms with E-state index in [1.165, 1.54) is 5.56 Å². The van der Waals surface area contributed by atoms with Gasteiger partial charge in [0.25, 0.3) is 0 Å². The van der Waals surface area contributed by atoms with Crippen LogP contribution in [0.4, 0.5) is 0 Å². The normalized spacial score (nSPS) is 17.9. The van der Waals surface area contributed by atoms with Crippen LogP contribution in [0.2, 0.25) is 0 Å². The highest BCUT2D eigenvalue weighted by atomic mass is 16.7. The molecule has 0 spiro atoms. The van der Waals surface area contributed by atoms with Gasteiger partial charge in [0.15, 0.2) is 23.0 Å². The lowest BCUT2D eigenvalue weighted by Crippen LogP contribution is -2.34. The Morgan fingerprint density at radius 3 is 2.65 bits per heavy atom. The van der Waals surface area contributed by atoms with Gasteiger partial charge in [0, 0.05) is 31.0 Å². The van der Waals surface area contributed by atoms with Crippen LogP contribution in [0.15, 0.2) is 29.4 Å². The molecule has 0 fully saturated rings. The molecule has 0 amide bonds. The van der Waals surface area contributed by atoms with Crippen molar-refractivity contribution < 1.29 is 28.9 Å². The lowest BCUT2D eigenvalue weighted by molar-refractivity contribution is 0.170. The molecule has 0 saturated heterocycles. The smallest absolute Gasteiger partial charge is 0.231 e. The first-order valence-corrected chi connectivity index (χ1v) is 10.2. The Hall–Kier alpha value is -3.13. The molecular formula is C23H28N2O6. The molecule has 0 bridgehead atoms. The monoisotopic (exact) mass is 428 g/mol. The molecule has 2 aromatic rings. The average Bonchev–Trinajstić information content (AvgIpc) is 3.26. The number of ether oxygens (including phenoxy) is 5. The minimum Gasteiger partial charge on any atom is -0.493 e. The summed E-state index contributed by atoms with van der Waals surface area (Å²) >= 11 is 0. The first-order chi connectivity index (χ1) is 15.1. The summed E-state index contributed by atoms with van der Waals surface area (Å²) in [5, 5.41) is 13.4.